The van der Waals surface area contributed by atoms with Crippen LogP contribution in [0.25, 0.3) is 0 Å². The Morgan fingerprint density at radius 1 is 1.42 bits per heavy atom. The number of nitro benzene ring substituents is 1. The van der Waals surface area contributed by atoms with Crippen LogP contribution in [0.4, 0.5) is 5.69 Å². The van der Waals surface area contributed by atoms with Crippen molar-refractivity contribution in [1.29, 1.82) is 0 Å². The van der Waals surface area contributed by atoms with Gasteiger partial charge in [-0.05, 0) is 18.6 Å². The van der Waals surface area contributed by atoms with Crippen LogP contribution < -0.4 is 0 Å². The number of sulfonamides is 1. The van der Waals surface area contributed by atoms with Gasteiger partial charge in [0.05, 0.1) is 16.4 Å². The molecule has 0 saturated carbocycles. The monoisotopic (exact) mass is 288 g/mol. The van der Waals surface area contributed by atoms with E-state index in [4.69, 9.17) is 5.11 Å². The molecule has 0 aliphatic heterocycles. The van der Waals surface area contributed by atoms with E-state index >= 15 is 0 Å². The molecule has 0 heterocycles. The van der Waals surface area contributed by atoms with Crippen LogP contribution in [0.1, 0.15) is 12.5 Å². The van der Waals surface area contributed by atoms with Gasteiger partial charge in [0.25, 0.3) is 5.69 Å². The maximum absolute atomic E-state index is 12.3. The number of nitro groups is 1. The number of benzene rings is 1. The second-order valence-corrected chi connectivity index (χ2v) is 5.83. The van der Waals surface area contributed by atoms with Crippen LogP contribution in [0, 0.1) is 17.0 Å². The fourth-order valence-electron chi connectivity index (χ4n) is 1.74. The molecule has 0 atom stereocenters. The molecular formula is C11H16N2O5S. The van der Waals surface area contributed by atoms with E-state index < -0.39 is 14.9 Å². The van der Waals surface area contributed by atoms with E-state index in [-0.39, 0.29) is 30.3 Å². The molecular weight excluding hydrogens is 272 g/mol. The SMILES string of the molecule is CCN(CCO)S(=O)(=O)c1ccc([N+](=O)[O-])cc1C. The molecule has 0 aliphatic rings. The van der Waals surface area contributed by atoms with E-state index in [9.17, 15) is 18.5 Å². The number of hydrogen-bond donors (Lipinski definition) is 1. The summed E-state index contributed by atoms with van der Waals surface area (Å²) in [4.78, 5) is 10.1. The van der Waals surface area contributed by atoms with Gasteiger partial charge in [0, 0.05) is 25.2 Å². The van der Waals surface area contributed by atoms with Crippen molar-refractivity contribution in [3.05, 3.63) is 33.9 Å². The molecule has 106 valence electrons. The van der Waals surface area contributed by atoms with Gasteiger partial charge in [-0.3, -0.25) is 10.1 Å². The first-order chi connectivity index (χ1) is 8.84. The first-order valence-electron chi connectivity index (χ1n) is 5.70. The quantitative estimate of drug-likeness (QED) is 0.619. The van der Waals surface area contributed by atoms with Gasteiger partial charge >= 0.3 is 0 Å². The van der Waals surface area contributed by atoms with Gasteiger partial charge in [-0.15, -0.1) is 0 Å². The van der Waals surface area contributed by atoms with Crippen molar-refractivity contribution in [3.63, 3.8) is 0 Å². The number of nitrogens with zero attached hydrogens (tertiary/aromatic N) is 2. The number of non-ortho nitro benzene ring substituents is 1. The van der Waals surface area contributed by atoms with Crippen molar-refractivity contribution in [1.82, 2.24) is 4.31 Å². The van der Waals surface area contributed by atoms with Gasteiger partial charge in [0.1, 0.15) is 0 Å². The summed E-state index contributed by atoms with van der Waals surface area (Å²) in [7, 11) is -3.74. The summed E-state index contributed by atoms with van der Waals surface area (Å²) in [5, 5.41) is 19.5. The van der Waals surface area contributed by atoms with E-state index in [1.807, 2.05) is 0 Å². The Kier molecular flexibility index (Phi) is 4.98. The molecule has 8 heteroatoms. The third-order valence-corrected chi connectivity index (χ3v) is 4.82. The predicted molar refractivity (Wildman–Crippen MR) is 69.4 cm³/mol. The van der Waals surface area contributed by atoms with Crippen LogP contribution in [-0.4, -0.2) is 42.4 Å². The lowest BCUT2D eigenvalue weighted by Gasteiger charge is -2.20. The van der Waals surface area contributed by atoms with E-state index in [0.29, 0.717) is 5.56 Å². The molecule has 0 amide bonds. The topological polar surface area (TPSA) is 101 Å². The fraction of sp³-hybridized carbons (Fsp3) is 0.455. The second-order valence-electron chi connectivity index (χ2n) is 3.93. The third kappa shape index (κ3) is 3.28. The summed E-state index contributed by atoms with van der Waals surface area (Å²) in [6, 6.07) is 3.61. The lowest BCUT2D eigenvalue weighted by molar-refractivity contribution is -0.385. The molecule has 0 saturated heterocycles. The summed E-state index contributed by atoms with van der Waals surface area (Å²) in [6.45, 7) is 3.11. The summed E-state index contributed by atoms with van der Waals surface area (Å²) in [5.41, 5.74) is 0.159. The zero-order chi connectivity index (χ0) is 14.6. The highest BCUT2D eigenvalue weighted by molar-refractivity contribution is 7.89. The van der Waals surface area contributed by atoms with E-state index in [2.05, 4.69) is 0 Å². The van der Waals surface area contributed by atoms with Crippen molar-refractivity contribution in [2.45, 2.75) is 18.7 Å². The minimum Gasteiger partial charge on any atom is -0.395 e. The zero-order valence-electron chi connectivity index (χ0n) is 10.7. The molecule has 1 N–H and O–H groups in total. The molecule has 1 aromatic carbocycles. The lowest BCUT2D eigenvalue weighted by Crippen LogP contribution is -2.33. The fourth-order valence-corrected chi connectivity index (χ4v) is 3.38. The van der Waals surface area contributed by atoms with E-state index in [0.717, 1.165) is 10.4 Å². The highest BCUT2D eigenvalue weighted by Gasteiger charge is 2.25. The Morgan fingerprint density at radius 2 is 2.05 bits per heavy atom. The molecule has 7 nitrogen and oxygen atoms in total. The largest absolute Gasteiger partial charge is 0.395 e. The van der Waals surface area contributed by atoms with Gasteiger partial charge < -0.3 is 5.11 Å². The first kappa shape index (κ1) is 15.5. The van der Waals surface area contributed by atoms with Gasteiger partial charge in [-0.2, -0.15) is 4.31 Å². The van der Waals surface area contributed by atoms with Gasteiger partial charge in [0.2, 0.25) is 10.0 Å². The van der Waals surface area contributed by atoms with Crippen LogP contribution in [0.15, 0.2) is 23.1 Å². The van der Waals surface area contributed by atoms with Gasteiger partial charge in [-0.1, -0.05) is 6.92 Å². The number of aliphatic hydroxyl groups excluding tert-OH is 1. The molecule has 19 heavy (non-hydrogen) atoms. The number of rotatable bonds is 6. The van der Waals surface area contributed by atoms with E-state index in [1.54, 1.807) is 6.92 Å². The molecule has 1 rings (SSSR count). The normalized spacial score (nSPS) is 11.8. The molecule has 0 unspecified atom stereocenters. The first-order valence-corrected chi connectivity index (χ1v) is 7.14. The second kappa shape index (κ2) is 6.09. The summed E-state index contributed by atoms with van der Waals surface area (Å²) in [5.74, 6) is 0. The standard InChI is InChI=1S/C11H16N2O5S/c1-3-12(6-7-14)19(17,18)11-5-4-10(13(15)16)8-9(11)2/h4-5,8,14H,3,6-7H2,1-2H3. The molecule has 0 bridgehead atoms. The summed E-state index contributed by atoms with van der Waals surface area (Å²) >= 11 is 0. The maximum Gasteiger partial charge on any atom is 0.269 e. The van der Waals surface area contributed by atoms with Crippen LogP contribution in [0.2, 0.25) is 0 Å². The lowest BCUT2D eigenvalue weighted by atomic mass is 10.2. The van der Waals surface area contributed by atoms with E-state index in [1.165, 1.54) is 19.1 Å². The number of likely N-dealkylation sites (N-methyl/N-ethyl adjacent to an activating group) is 1. The Bertz CT molecular complexity index is 570. The summed E-state index contributed by atoms with van der Waals surface area (Å²) in [6.07, 6.45) is 0. The number of aryl methyl sites for hydroxylation is 1. The maximum atomic E-state index is 12.3. The number of hydrogen-bond acceptors (Lipinski definition) is 5. The van der Waals surface area contributed by atoms with Crippen LogP contribution in [-0.2, 0) is 10.0 Å². The van der Waals surface area contributed by atoms with Crippen LogP contribution >= 0.6 is 0 Å². The highest BCUT2D eigenvalue weighted by atomic mass is 32.2. The molecule has 0 aromatic heterocycles. The van der Waals surface area contributed by atoms with Crippen molar-refractivity contribution < 1.29 is 18.4 Å². The Morgan fingerprint density at radius 3 is 2.47 bits per heavy atom. The van der Waals surface area contributed by atoms with Crippen LogP contribution in [0.3, 0.4) is 0 Å². The van der Waals surface area contributed by atoms with Crippen molar-refractivity contribution in [3.8, 4) is 0 Å². The highest BCUT2D eigenvalue weighted by Crippen LogP contribution is 2.23. The zero-order valence-corrected chi connectivity index (χ0v) is 11.6. The van der Waals surface area contributed by atoms with Crippen molar-refractivity contribution in [2.24, 2.45) is 0 Å². The van der Waals surface area contributed by atoms with Crippen molar-refractivity contribution in [2.75, 3.05) is 19.7 Å². The predicted octanol–water partition coefficient (Wildman–Crippen LogP) is 0.906. The Hall–Kier alpha value is -1.51. The average molecular weight is 288 g/mol. The minimum atomic E-state index is -3.74. The van der Waals surface area contributed by atoms with Crippen molar-refractivity contribution >= 4 is 15.7 Å². The van der Waals surface area contributed by atoms with Gasteiger partial charge in [-0.25, -0.2) is 8.42 Å². The van der Waals surface area contributed by atoms with Crippen LogP contribution in [0.5, 0.6) is 0 Å². The summed E-state index contributed by atoms with van der Waals surface area (Å²) < 4.78 is 25.7. The molecule has 1 aromatic rings. The molecule has 0 fully saturated rings. The number of aliphatic hydroxyl groups is 1. The Balaban J connectivity index is 3.25. The molecule has 0 radical (unpaired) electrons. The minimum absolute atomic E-state index is 0.00470. The third-order valence-electron chi connectivity index (χ3n) is 2.69. The average Bonchev–Trinajstić information content (AvgIpc) is 2.35. The Labute approximate surface area is 111 Å². The smallest absolute Gasteiger partial charge is 0.269 e. The van der Waals surface area contributed by atoms with Gasteiger partial charge in [0.15, 0.2) is 0 Å². The molecule has 0 spiro atoms. The molecule has 0 aliphatic carbocycles.